The molecule has 0 spiro atoms. The number of halogens is 1. The van der Waals surface area contributed by atoms with Gasteiger partial charge >= 0.3 is 0 Å². The molecule has 0 bridgehead atoms. The topological polar surface area (TPSA) is 66.5 Å². The fourth-order valence-corrected chi connectivity index (χ4v) is 4.91. The molecule has 0 aliphatic rings. The fraction of sp³-hybridized carbons (Fsp3) is 0.350. The van der Waals surface area contributed by atoms with Crippen molar-refractivity contribution in [2.75, 3.05) is 22.9 Å². The molecule has 28 heavy (non-hydrogen) atoms. The molecule has 2 aromatic rings. The van der Waals surface area contributed by atoms with Gasteiger partial charge in [-0.1, -0.05) is 30.7 Å². The third kappa shape index (κ3) is 6.43. The SMILES string of the molecule is CC[C@H](C(=O)NCCSc1ccc(Cl)cc1)N(c1cccc(C)c1)S(C)(=O)=O. The first-order chi connectivity index (χ1) is 13.2. The summed E-state index contributed by atoms with van der Waals surface area (Å²) >= 11 is 7.47. The minimum Gasteiger partial charge on any atom is -0.353 e. The van der Waals surface area contributed by atoms with E-state index in [4.69, 9.17) is 11.6 Å². The molecule has 1 amide bonds. The number of rotatable bonds is 9. The number of hydrogen-bond acceptors (Lipinski definition) is 4. The lowest BCUT2D eigenvalue weighted by Gasteiger charge is -2.30. The van der Waals surface area contributed by atoms with Crippen molar-refractivity contribution in [2.45, 2.75) is 31.2 Å². The Morgan fingerprint density at radius 2 is 1.89 bits per heavy atom. The molecule has 0 aliphatic heterocycles. The highest BCUT2D eigenvalue weighted by molar-refractivity contribution is 7.99. The largest absolute Gasteiger partial charge is 0.353 e. The van der Waals surface area contributed by atoms with E-state index in [1.54, 1.807) is 36.9 Å². The molecule has 0 aromatic heterocycles. The number of aryl methyl sites for hydroxylation is 1. The maximum Gasteiger partial charge on any atom is 0.243 e. The van der Waals surface area contributed by atoms with E-state index in [-0.39, 0.29) is 5.91 Å². The van der Waals surface area contributed by atoms with Crippen LogP contribution >= 0.6 is 23.4 Å². The molecule has 0 fully saturated rings. The lowest BCUT2D eigenvalue weighted by atomic mass is 10.1. The number of anilines is 1. The molecular weight excluding hydrogens is 416 g/mol. The van der Waals surface area contributed by atoms with Crippen molar-refractivity contribution in [1.29, 1.82) is 0 Å². The summed E-state index contributed by atoms with van der Waals surface area (Å²) in [7, 11) is -3.61. The molecule has 2 rings (SSSR count). The van der Waals surface area contributed by atoms with E-state index >= 15 is 0 Å². The van der Waals surface area contributed by atoms with Crippen molar-refractivity contribution in [2.24, 2.45) is 0 Å². The van der Waals surface area contributed by atoms with Crippen LogP contribution in [0.4, 0.5) is 5.69 Å². The van der Waals surface area contributed by atoms with Crippen LogP contribution in [0.1, 0.15) is 18.9 Å². The van der Waals surface area contributed by atoms with Crippen LogP contribution in [0.15, 0.2) is 53.4 Å². The summed E-state index contributed by atoms with van der Waals surface area (Å²) in [6.45, 7) is 4.13. The Hall–Kier alpha value is -1.70. The maximum atomic E-state index is 12.7. The van der Waals surface area contributed by atoms with E-state index in [2.05, 4.69) is 5.32 Å². The van der Waals surface area contributed by atoms with Crippen molar-refractivity contribution < 1.29 is 13.2 Å². The van der Waals surface area contributed by atoms with E-state index < -0.39 is 16.1 Å². The standard InChI is InChI=1S/C20H25ClN2O3S2/c1-4-19(23(28(3,25)26)17-7-5-6-15(2)14-17)20(24)22-12-13-27-18-10-8-16(21)9-11-18/h5-11,14,19H,4,12-13H2,1-3H3,(H,22,24)/t19-/m1/s1. The number of carbonyl (C=O) groups excluding carboxylic acids is 1. The highest BCUT2D eigenvalue weighted by Gasteiger charge is 2.31. The number of benzene rings is 2. The van der Waals surface area contributed by atoms with Crippen LogP contribution in [-0.2, 0) is 14.8 Å². The Bertz CT molecular complexity index is 902. The zero-order valence-electron chi connectivity index (χ0n) is 16.2. The van der Waals surface area contributed by atoms with Crippen molar-refractivity contribution in [3.05, 3.63) is 59.1 Å². The van der Waals surface area contributed by atoms with Gasteiger partial charge in [0.05, 0.1) is 11.9 Å². The minimum absolute atomic E-state index is 0.300. The van der Waals surface area contributed by atoms with E-state index in [1.807, 2.05) is 37.3 Å². The Labute approximate surface area is 176 Å². The molecular formula is C20H25ClN2O3S2. The van der Waals surface area contributed by atoms with Crippen molar-refractivity contribution in [3.63, 3.8) is 0 Å². The Kier molecular flexibility index (Phi) is 8.22. The predicted octanol–water partition coefficient (Wildman–Crippen LogP) is 4.10. The zero-order chi connectivity index (χ0) is 20.7. The summed E-state index contributed by atoms with van der Waals surface area (Å²) in [6, 6.07) is 13.9. The first-order valence-corrected chi connectivity index (χ1v) is 12.2. The molecule has 0 saturated heterocycles. The number of nitrogens with one attached hydrogen (secondary N) is 1. The maximum absolute atomic E-state index is 12.7. The number of sulfonamides is 1. The van der Waals surface area contributed by atoms with Gasteiger partial charge in [-0.05, 0) is 55.3 Å². The van der Waals surface area contributed by atoms with Crippen LogP contribution in [0.2, 0.25) is 5.02 Å². The molecule has 1 N–H and O–H groups in total. The molecule has 8 heteroatoms. The highest BCUT2D eigenvalue weighted by atomic mass is 35.5. The van der Waals surface area contributed by atoms with E-state index in [9.17, 15) is 13.2 Å². The van der Waals surface area contributed by atoms with Gasteiger partial charge in [0.15, 0.2) is 0 Å². The van der Waals surface area contributed by atoms with Gasteiger partial charge in [-0.2, -0.15) is 0 Å². The normalized spacial score (nSPS) is 12.4. The Balaban J connectivity index is 2.04. The summed E-state index contributed by atoms with van der Waals surface area (Å²) in [6.07, 6.45) is 1.50. The first-order valence-electron chi connectivity index (χ1n) is 8.94. The second-order valence-corrected chi connectivity index (χ2v) is 9.88. The number of hydrogen-bond donors (Lipinski definition) is 1. The van der Waals surface area contributed by atoms with Gasteiger partial charge in [0.25, 0.3) is 0 Å². The minimum atomic E-state index is -3.61. The van der Waals surface area contributed by atoms with E-state index in [0.717, 1.165) is 16.7 Å². The van der Waals surface area contributed by atoms with E-state index in [0.29, 0.717) is 29.4 Å². The Morgan fingerprint density at radius 3 is 2.46 bits per heavy atom. The van der Waals surface area contributed by atoms with Crippen LogP contribution in [0.25, 0.3) is 0 Å². The van der Waals surface area contributed by atoms with Crippen molar-refractivity contribution in [1.82, 2.24) is 5.32 Å². The third-order valence-corrected chi connectivity index (χ3v) is 6.52. The fourth-order valence-electron chi connectivity index (χ4n) is 2.82. The number of amides is 1. The first kappa shape index (κ1) is 22.6. The number of carbonyl (C=O) groups is 1. The van der Waals surface area contributed by atoms with Gasteiger partial charge in [0, 0.05) is 22.2 Å². The summed E-state index contributed by atoms with van der Waals surface area (Å²) in [5.74, 6) is 0.374. The second-order valence-electron chi connectivity index (χ2n) is 6.42. The molecule has 0 radical (unpaired) electrons. The summed E-state index contributed by atoms with van der Waals surface area (Å²) < 4.78 is 26.1. The van der Waals surface area contributed by atoms with Crippen LogP contribution in [0.5, 0.6) is 0 Å². The van der Waals surface area contributed by atoms with Crippen molar-refractivity contribution in [3.8, 4) is 0 Å². The Morgan fingerprint density at radius 1 is 1.21 bits per heavy atom. The predicted molar refractivity (Wildman–Crippen MR) is 118 cm³/mol. The van der Waals surface area contributed by atoms with Gasteiger partial charge in [0.1, 0.15) is 6.04 Å². The van der Waals surface area contributed by atoms with Crippen molar-refractivity contribution >= 4 is 45.0 Å². The second kappa shape index (κ2) is 10.2. The molecule has 0 unspecified atom stereocenters. The highest BCUT2D eigenvalue weighted by Crippen LogP contribution is 2.24. The molecule has 0 aliphatic carbocycles. The lowest BCUT2D eigenvalue weighted by molar-refractivity contribution is -0.122. The van der Waals surface area contributed by atoms with E-state index in [1.165, 1.54) is 4.31 Å². The van der Waals surface area contributed by atoms with Gasteiger partial charge in [-0.25, -0.2) is 8.42 Å². The molecule has 0 saturated carbocycles. The zero-order valence-corrected chi connectivity index (χ0v) is 18.6. The van der Waals surface area contributed by atoms with Crippen LogP contribution in [-0.4, -0.2) is 38.9 Å². The average Bonchev–Trinajstić information content (AvgIpc) is 2.63. The number of thioether (sulfide) groups is 1. The summed E-state index contributed by atoms with van der Waals surface area (Å²) in [5, 5.41) is 3.54. The molecule has 2 aromatic carbocycles. The van der Waals surface area contributed by atoms with Crippen LogP contribution in [0.3, 0.4) is 0 Å². The third-order valence-electron chi connectivity index (χ3n) is 4.07. The number of nitrogens with zero attached hydrogens (tertiary/aromatic N) is 1. The van der Waals surface area contributed by atoms with Gasteiger partial charge in [0.2, 0.25) is 15.9 Å². The van der Waals surface area contributed by atoms with Gasteiger partial charge in [-0.3, -0.25) is 9.10 Å². The molecule has 5 nitrogen and oxygen atoms in total. The summed E-state index contributed by atoms with van der Waals surface area (Å²) in [5.41, 5.74) is 1.43. The molecule has 152 valence electrons. The lowest BCUT2D eigenvalue weighted by Crippen LogP contribution is -2.49. The molecule has 0 heterocycles. The summed E-state index contributed by atoms with van der Waals surface area (Å²) in [4.78, 5) is 13.8. The van der Waals surface area contributed by atoms with Crippen LogP contribution < -0.4 is 9.62 Å². The molecule has 1 atom stereocenters. The monoisotopic (exact) mass is 440 g/mol. The van der Waals surface area contributed by atoms with Crippen LogP contribution in [0, 0.1) is 6.92 Å². The average molecular weight is 441 g/mol. The smallest absolute Gasteiger partial charge is 0.243 e. The van der Waals surface area contributed by atoms with Gasteiger partial charge < -0.3 is 5.32 Å². The quantitative estimate of drug-likeness (QED) is 0.471. The van der Waals surface area contributed by atoms with Gasteiger partial charge in [-0.15, -0.1) is 11.8 Å².